The maximum absolute atomic E-state index is 17.3. The summed E-state index contributed by atoms with van der Waals surface area (Å²) in [6, 6.07) is 0. The highest BCUT2D eigenvalue weighted by Crippen LogP contribution is 2.71. The lowest BCUT2D eigenvalue weighted by Crippen LogP contribution is -2.70. The minimum atomic E-state index is -2.03. The standard InChI is InChI=1S/C27H37FO6/c1-5-6-7-23(33)34-27(22(32)15-29)16(2)12-20-19-9-8-17-13-18(30)10-11-24(17,3)26(19,28)21(31)14-25(20,27)4/h10-11,13,16,19-21,29,31H,5-9,12,14-15H2,1-4H3/t16-,19+,20-,21-,24-,25-,26-,27-/m0/s1. The second-order valence-corrected chi connectivity index (χ2v) is 11.3. The van der Waals surface area contributed by atoms with Gasteiger partial charge in [0.1, 0.15) is 6.61 Å². The Kier molecular flexibility index (Phi) is 6.21. The number of unbranched alkanes of at least 4 members (excludes halogenated alkanes) is 1. The maximum Gasteiger partial charge on any atom is 0.306 e. The van der Waals surface area contributed by atoms with Gasteiger partial charge in [0.05, 0.1) is 6.10 Å². The van der Waals surface area contributed by atoms with Crippen molar-refractivity contribution in [1.29, 1.82) is 0 Å². The van der Waals surface area contributed by atoms with Crippen LogP contribution in [0, 0.1) is 28.6 Å². The number of esters is 1. The Morgan fingerprint density at radius 2 is 1.97 bits per heavy atom. The third-order valence-electron chi connectivity index (χ3n) is 9.75. The molecule has 0 radical (unpaired) electrons. The zero-order chi connectivity index (χ0) is 25.1. The molecule has 0 amide bonds. The molecular formula is C27H37FO6. The van der Waals surface area contributed by atoms with Crippen LogP contribution in [-0.2, 0) is 19.1 Å². The summed E-state index contributed by atoms with van der Waals surface area (Å²) in [7, 11) is 0. The van der Waals surface area contributed by atoms with Crippen LogP contribution < -0.4 is 0 Å². The van der Waals surface area contributed by atoms with Crippen LogP contribution in [0.1, 0.15) is 72.6 Å². The number of aliphatic hydroxyl groups excluding tert-OH is 2. The van der Waals surface area contributed by atoms with Gasteiger partial charge >= 0.3 is 5.97 Å². The summed E-state index contributed by atoms with van der Waals surface area (Å²) in [5, 5.41) is 21.4. The number of allylic oxidation sites excluding steroid dienone is 4. The van der Waals surface area contributed by atoms with E-state index in [0.29, 0.717) is 31.3 Å². The van der Waals surface area contributed by atoms with Gasteiger partial charge in [0.25, 0.3) is 0 Å². The minimum absolute atomic E-state index is 0.0769. The third kappa shape index (κ3) is 3.08. The van der Waals surface area contributed by atoms with Crippen molar-refractivity contribution in [3.8, 4) is 0 Å². The summed E-state index contributed by atoms with van der Waals surface area (Å²) in [5.74, 6) is -2.62. The molecule has 4 aliphatic carbocycles. The van der Waals surface area contributed by atoms with Gasteiger partial charge in [0, 0.05) is 29.1 Å². The van der Waals surface area contributed by atoms with Crippen LogP contribution in [-0.4, -0.2) is 51.7 Å². The molecule has 3 saturated carbocycles. The Balaban J connectivity index is 1.80. The van der Waals surface area contributed by atoms with E-state index in [1.54, 1.807) is 13.0 Å². The van der Waals surface area contributed by atoms with Gasteiger partial charge in [-0.05, 0) is 57.1 Å². The first-order valence-electron chi connectivity index (χ1n) is 12.6. The molecule has 188 valence electrons. The van der Waals surface area contributed by atoms with Crippen molar-refractivity contribution in [2.45, 2.75) is 90.0 Å². The van der Waals surface area contributed by atoms with E-state index in [2.05, 4.69) is 0 Å². The summed E-state index contributed by atoms with van der Waals surface area (Å²) < 4.78 is 23.3. The maximum atomic E-state index is 17.3. The SMILES string of the molecule is CCCCC(=O)O[C@]1(C(=O)CO)[C@@H](C)C[C@H]2[C@H]3CCC4=CC(=O)C=C[C@]4(C)[C@@]3(F)[C@@H](O)C[C@@]21C. The Labute approximate surface area is 200 Å². The first-order valence-corrected chi connectivity index (χ1v) is 12.6. The minimum Gasteiger partial charge on any atom is -0.450 e. The lowest BCUT2D eigenvalue weighted by atomic mass is 9.44. The first kappa shape index (κ1) is 25.2. The fourth-order valence-electron chi connectivity index (χ4n) is 8.07. The second kappa shape index (κ2) is 8.37. The number of ketones is 2. The number of carbonyl (C=O) groups excluding carboxylic acids is 3. The van der Waals surface area contributed by atoms with Crippen molar-refractivity contribution in [3.63, 3.8) is 0 Å². The van der Waals surface area contributed by atoms with Crippen LogP contribution in [0.25, 0.3) is 0 Å². The lowest BCUT2D eigenvalue weighted by molar-refractivity contribution is -0.228. The van der Waals surface area contributed by atoms with E-state index >= 15 is 4.39 Å². The van der Waals surface area contributed by atoms with Gasteiger partial charge < -0.3 is 14.9 Å². The van der Waals surface area contributed by atoms with Gasteiger partial charge in [-0.15, -0.1) is 0 Å². The van der Waals surface area contributed by atoms with Crippen LogP contribution >= 0.6 is 0 Å². The van der Waals surface area contributed by atoms with Gasteiger partial charge in [-0.3, -0.25) is 14.4 Å². The molecule has 0 unspecified atom stereocenters. The van der Waals surface area contributed by atoms with E-state index in [9.17, 15) is 24.6 Å². The van der Waals surface area contributed by atoms with Crippen LogP contribution in [0.5, 0.6) is 0 Å². The van der Waals surface area contributed by atoms with Crippen molar-refractivity contribution in [2.75, 3.05) is 6.61 Å². The molecule has 0 aliphatic heterocycles. The van der Waals surface area contributed by atoms with Gasteiger partial charge in [-0.1, -0.05) is 38.8 Å². The molecule has 0 aromatic carbocycles. The number of rotatable bonds is 6. The van der Waals surface area contributed by atoms with Gasteiger partial charge in [0.15, 0.2) is 17.1 Å². The third-order valence-corrected chi connectivity index (χ3v) is 9.75. The molecule has 3 fully saturated rings. The number of alkyl halides is 1. The van der Waals surface area contributed by atoms with Crippen LogP contribution in [0.15, 0.2) is 23.8 Å². The summed E-state index contributed by atoms with van der Waals surface area (Å²) >= 11 is 0. The van der Waals surface area contributed by atoms with E-state index in [1.165, 1.54) is 12.2 Å². The molecular weight excluding hydrogens is 439 g/mol. The summed E-state index contributed by atoms with van der Waals surface area (Å²) in [6.07, 6.45) is 5.92. The van der Waals surface area contributed by atoms with E-state index in [-0.39, 0.29) is 24.5 Å². The zero-order valence-corrected chi connectivity index (χ0v) is 20.6. The van der Waals surface area contributed by atoms with Crippen LogP contribution in [0.3, 0.4) is 0 Å². The number of Topliss-reactive ketones (excluding diaryl/α,β-unsaturated/α-hetero) is 1. The number of hydrogen-bond acceptors (Lipinski definition) is 6. The van der Waals surface area contributed by atoms with E-state index in [4.69, 9.17) is 4.74 Å². The average molecular weight is 477 g/mol. The Morgan fingerprint density at radius 3 is 2.62 bits per heavy atom. The molecule has 0 heterocycles. The van der Waals surface area contributed by atoms with E-state index < -0.39 is 58.4 Å². The van der Waals surface area contributed by atoms with Gasteiger partial charge in [0.2, 0.25) is 5.78 Å². The highest BCUT2D eigenvalue weighted by atomic mass is 19.1. The quantitative estimate of drug-likeness (QED) is 0.568. The number of aliphatic hydroxyl groups is 2. The predicted octanol–water partition coefficient (Wildman–Crippen LogP) is 3.64. The Morgan fingerprint density at radius 1 is 1.26 bits per heavy atom. The fourth-order valence-corrected chi connectivity index (χ4v) is 8.07. The monoisotopic (exact) mass is 476 g/mol. The molecule has 4 aliphatic rings. The molecule has 2 N–H and O–H groups in total. The Bertz CT molecular complexity index is 957. The number of carbonyl (C=O) groups is 3. The predicted molar refractivity (Wildman–Crippen MR) is 123 cm³/mol. The second-order valence-electron chi connectivity index (χ2n) is 11.3. The zero-order valence-electron chi connectivity index (χ0n) is 20.6. The first-order chi connectivity index (χ1) is 15.9. The van der Waals surface area contributed by atoms with Crippen LogP contribution in [0.4, 0.5) is 4.39 Å². The number of fused-ring (bicyclic) bond motifs is 5. The highest BCUT2D eigenvalue weighted by Gasteiger charge is 2.77. The fraction of sp³-hybridized carbons (Fsp3) is 0.741. The molecule has 0 saturated heterocycles. The Hall–Kier alpha value is -1.86. The van der Waals surface area contributed by atoms with Gasteiger partial charge in [-0.25, -0.2) is 4.39 Å². The smallest absolute Gasteiger partial charge is 0.306 e. The van der Waals surface area contributed by atoms with Gasteiger partial charge in [-0.2, -0.15) is 0 Å². The van der Waals surface area contributed by atoms with Crippen molar-refractivity contribution < 1.29 is 33.7 Å². The molecule has 7 heteroatoms. The summed E-state index contributed by atoms with van der Waals surface area (Å²) in [6.45, 7) is 6.55. The lowest BCUT2D eigenvalue weighted by Gasteiger charge is -2.62. The van der Waals surface area contributed by atoms with Crippen molar-refractivity contribution in [3.05, 3.63) is 23.8 Å². The molecule has 0 aromatic heterocycles. The van der Waals surface area contributed by atoms with E-state index in [1.807, 2.05) is 20.8 Å². The number of hydrogen-bond donors (Lipinski definition) is 2. The topological polar surface area (TPSA) is 101 Å². The van der Waals surface area contributed by atoms with Crippen molar-refractivity contribution in [1.82, 2.24) is 0 Å². The summed E-state index contributed by atoms with van der Waals surface area (Å²) in [4.78, 5) is 38.1. The average Bonchev–Trinajstić information content (AvgIpc) is 3.00. The molecule has 34 heavy (non-hydrogen) atoms. The molecule has 0 aromatic rings. The normalized spacial score (nSPS) is 45.1. The molecule has 8 atom stereocenters. The largest absolute Gasteiger partial charge is 0.450 e. The molecule has 0 bridgehead atoms. The molecule has 0 spiro atoms. The molecule has 6 nitrogen and oxygen atoms in total. The van der Waals surface area contributed by atoms with Crippen molar-refractivity contribution >= 4 is 17.5 Å². The molecule has 4 rings (SSSR count). The van der Waals surface area contributed by atoms with Crippen molar-refractivity contribution in [2.24, 2.45) is 28.6 Å². The number of ether oxygens (including phenoxy) is 1. The van der Waals surface area contributed by atoms with Crippen LogP contribution in [0.2, 0.25) is 0 Å². The van der Waals surface area contributed by atoms with E-state index in [0.717, 1.165) is 6.42 Å². The number of halogens is 1. The highest BCUT2D eigenvalue weighted by molar-refractivity contribution is 6.01. The summed E-state index contributed by atoms with van der Waals surface area (Å²) in [5.41, 5.74) is -5.11.